The summed E-state index contributed by atoms with van der Waals surface area (Å²) in [5.74, 6) is 1.04. The van der Waals surface area contributed by atoms with Crippen molar-refractivity contribution in [3.05, 3.63) is 71.3 Å². The molecule has 23 heavy (non-hydrogen) atoms. The minimum absolute atomic E-state index is 0.0586. The molecule has 3 aromatic rings. The van der Waals surface area contributed by atoms with Crippen LogP contribution in [-0.4, -0.2) is 25.0 Å². The van der Waals surface area contributed by atoms with Crippen LogP contribution in [0.1, 0.15) is 5.82 Å². The van der Waals surface area contributed by atoms with Crippen LogP contribution in [0.4, 0.5) is 5.69 Å². The number of anilines is 1. The van der Waals surface area contributed by atoms with Gasteiger partial charge in [0.05, 0.1) is 5.69 Å². The van der Waals surface area contributed by atoms with Gasteiger partial charge in [0, 0.05) is 30.9 Å². The average molecular weight is 309 g/mol. The van der Waals surface area contributed by atoms with Crippen molar-refractivity contribution in [2.45, 2.75) is 13.5 Å². The van der Waals surface area contributed by atoms with Crippen molar-refractivity contribution in [1.29, 1.82) is 0 Å². The van der Waals surface area contributed by atoms with E-state index in [-0.39, 0.29) is 18.0 Å². The van der Waals surface area contributed by atoms with Crippen LogP contribution in [0.15, 0.2) is 59.9 Å². The fourth-order valence-electron chi connectivity index (χ4n) is 2.22. The standard InChI is InChI=1S/C16H15N5O2/c1-12-17-8-10-21(12)16-13(5-4-7-18-16)19-14(22)11-20-9-3-2-6-15(20)23/h2-10H,11H2,1H3,(H,19,22). The molecule has 3 rings (SSSR count). The van der Waals surface area contributed by atoms with Crippen LogP contribution in [0.3, 0.4) is 0 Å². The van der Waals surface area contributed by atoms with E-state index in [2.05, 4.69) is 15.3 Å². The Kier molecular flexibility index (Phi) is 4.01. The molecular weight excluding hydrogens is 294 g/mol. The number of hydrogen-bond acceptors (Lipinski definition) is 4. The van der Waals surface area contributed by atoms with E-state index < -0.39 is 0 Å². The van der Waals surface area contributed by atoms with E-state index in [1.807, 2.05) is 6.92 Å². The van der Waals surface area contributed by atoms with Gasteiger partial charge in [-0.3, -0.25) is 14.2 Å². The highest BCUT2D eigenvalue weighted by molar-refractivity contribution is 5.92. The number of aromatic nitrogens is 4. The maximum absolute atomic E-state index is 12.2. The summed E-state index contributed by atoms with van der Waals surface area (Å²) in [6, 6.07) is 8.25. The lowest BCUT2D eigenvalue weighted by Crippen LogP contribution is -2.26. The van der Waals surface area contributed by atoms with Crippen LogP contribution >= 0.6 is 0 Å². The van der Waals surface area contributed by atoms with Gasteiger partial charge in [-0.05, 0) is 25.1 Å². The number of carbonyl (C=O) groups is 1. The van der Waals surface area contributed by atoms with Gasteiger partial charge in [0.25, 0.3) is 5.56 Å². The first-order valence-electron chi connectivity index (χ1n) is 7.06. The van der Waals surface area contributed by atoms with E-state index in [1.54, 1.807) is 53.6 Å². The molecule has 0 saturated heterocycles. The molecule has 0 radical (unpaired) electrons. The van der Waals surface area contributed by atoms with E-state index in [0.29, 0.717) is 11.5 Å². The summed E-state index contributed by atoms with van der Waals surface area (Å²) in [4.78, 5) is 32.3. The summed E-state index contributed by atoms with van der Waals surface area (Å²) in [6.45, 7) is 1.79. The first-order valence-corrected chi connectivity index (χ1v) is 7.06. The summed E-state index contributed by atoms with van der Waals surface area (Å²) >= 11 is 0. The van der Waals surface area contributed by atoms with Crippen molar-refractivity contribution in [2.24, 2.45) is 0 Å². The second-order valence-electron chi connectivity index (χ2n) is 4.93. The maximum atomic E-state index is 12.2. The monoisotopic (exact) mass is 309 g/mol. The van der Waals surface area contributed by atoms with E-state index in [0.717, 1.165) is 5.82 Å². The molecule has 7 heteroatoms. The Morgan fingerprint density at radius 2 is 2.00 bits per heavy atom. The quantitative estimate of drug-likeness (QED) is 0.789. The molecule has 0 saturated carbocycles. The van der Waals surface area contributed by atoms with Crippen molar-refractivity contribution in [3.8, 4) is 5.82 Å². The first kappa shape index (κ1) is 14.7. The number of nitrogens with zero attached hydrogens (tertiary/aromatic N) is 4. The molecule has 0 spiro atoms. The smallest absolute Gasteiger partial charge is 0.250 e. The highest BCUT2D eigenvalue weighted by Crippen LogP contribution is 2.18. The Hall–Kier alpha value is -3.22. The zero-order valence-electron chi connectivity index (χ0n) is 12.5. The Balaban J connectivity index is 1.84. The minimum Gasteiger partial charge on any atom is -0.321 e. The molecule has 0 unspecified atom stereocenters. The minimum atomic E-state index is -0.301. The van der Waals surface area contributed by atoms with Gasteiger partial charge in [0.2, 0.25) is 5.91 Å². The number of hydrogen-bond donors (Lipinski definition) is 1. The third kappa shape index (κ3) is 3.18. The molecule has 3 aromatic heterocycles. The predicted molar refractivity (Wildman–Crippen MR) is 85.4 cm³/mol. The predicted octanol–water partition coefficient (Wildman–Crippen LogP) is 1.38. The normalized spacial score (nSPS) is 10.5. The number of carbonyl (C=O) groups excluding carboxylic acids is 1. The van der Waals surface area contributed by atoms with Crippen molar-refractivity contribution < 1.29 is 4.79 Å². The molecule has 1 N–H and O–H groups in total. The number of nitrogens with one attached hydrogen (secondary N) is 1. The fraction of sp³-hybridized carbons (Fsp3) is 0.125. The van der Waals surface area contributed by atoms with E-state index >= 15 is 0 Å². The van der Waals surface area contributed by atoms with Crippen molar-refractivity contribution in [1.82, 2.24) is 19.1 Å². The zero-order valence-corrected chi connectivity index (χ0v) is 12.5. The van der Waals surface area contributed by atoms with Crippen molar-refractivity contribution in [2.75, 3.05) is 5.32 Å². The lowest BCUT2D eigenvalue weighted by atomic mass is 10.3. The highest BCUT2D eigenvalue weighted by Gasteiger charge is 2.11. The third-order valence-electron chi connectivity index (χ3n) is 3.33. The van der Waals surface area contributed by atoms with Crippen molar-refractivity contribution >= 4 is 11.6 Å². The molecule has 0 aliphatic carbocycles. The van der Waals surface area contributed by atoms with Gasteiger partial charge < -0.3 is 9.88 Å². The van der Waals surface area contributed by atoms with Crippen LogP contribution < -0.4 is 10.9 Å². The van der Waals surface area contributed by atoms with E-state index in [1.165, 1.54) is 10.6 Å². The van der Waals surface area contributed by atoms with Gasteiger partial charge in [-0.25, -0.2) is 9.97 Å². The first-order chi connectivity index (χ1) is 11.1. The lowest BCUT2D eigenvalue weighted by Gasteiger charge is -2.12. The molecule has 0 fully saturated rings. The number of pyridine rings is 2. The van der Waals surface area contributed by atoms with Gasteiger partial charge in [0.15, 0.2) is 5.82 Å². The fourth-order valence-corrected chi connectivity index (χ4v) is 2.22. The average Bonchev–Trinajstić information content (AvgIpc) is 2.96. The summed E-state index contributed by atoms with van der Waals surface area (Å²) in [7, 11) is 0. The number of rotatable bonds is 4. The van der Waals surface area contributed by atoms with E-state index in [9.17, 15) is 9.59 Å². The van der Waals surface area contributed by atoms with Crippen LogP contribution in [-0.2, 0) is 11.3 Å². The Morgan fingerprint density at radius 3 is 2.74 bits per heavy atom. The van der Waals surface area contributed by atoms with Crippen LogP contribution in [0, 0.1) is 6.92 Å². The topological polar surface area (TPSA) is 81.8 Å². The molecule has 0 aromatic carbocycles. The number of imidazole rings is 1. The largest absolute Gasteiger partial charge is 0.321 e. The third-order valence-corrected chi connectivity index (χ3v) is 3.33. The SMILES string of the molecule is Cc1nccn1-c1ncccc1NC(=O)Cn1ccccc1=O. The molecule has 7 nitrogen and oxygen atoms in total. The molecule has 3 heterocycles. The van der Waals surface area contributed by atoms with Gasteiger partial charge in [-0.2, -0.15) is 0 Å². The molecule has 0 aliphatic rings. The zero-order chi connectivity index (χ0) is 16.2. The van der Waals surface area contributed by atoms with Gasteiger partial charge in [-0.15, -0.1) is 0 Å². The summed E-state index contributed by atoms with van der Waals surface area (Å²) in [5.41, 5.74) is 0.335. The van der Waals surface area contributed by atoms with Gasteiger partial charge >= 0.3 is 0 Å². The Morgan fingerprint density at radius 1 is 1.13 bits per heavy atom. The number of aryl methyl sites for hydroxylation is 1. The Labute approximate surface area is 132 Å². The molecule has 0 atom stereocenters. The van der Waals surface area contributed by atoms with Gasteiger partial charge in [0.1, 0.15) is 12.4 Å². The number of amides is 1. The highest BCUT2D eigenvalue weighted by atomic mass is 16.2. The summed E-state index contributed by atoms with van der Waals surface area (Å²) in [5, 5.41) is 2.79. The molecule has 0 aliphatic heterocycles. The van der Waals surface area contributed by atoms with Crippen LogP contribution in [0.2, 0.25) is 0 Å². The molecule has 0 bridgehead atoms. The van der Waals surface area contributed by atoms with Crippen LogP contribution in [0.5, 0.6) is 0 Å². The molecule has 116 valence electrons. The second kappa shape index (κ2) is 6.27. The Bertz CT molecular complexity index is 897. The molecular formula is C16H15N5O2. The summed E-state index contributed by atoms with van der Waals surface area (Å²) < 4.78 is 3.12. The van der Waals surface area contributed by atoms with Crippen molar-refractivity contribution in [3.63, 3.8) is 0 Å². The second-order valence-corrected chi connectivity index (χ2v) is 4.93. The molecule has 1 amide bonds. The van der Waals surface area contributed by atoms with E-state index in [4.69, 9.17) is 0 Å². The van der Waals surface area contributed by atoms with Crippen LogP contribution in [0.25, 0.3) is 5.82 Å². The van der Waals surface area contributed by atoms with Gasteiger partial charge in [-0.1, -0.05) is 6.07 Å². The summed E-state index contributed by atoms with van der Waals surface area (Å²) in [6.07, 6.45) is 6.66. The maximum Gasteiger partial charge on any atom is 0.250 e. The lowest BCUT2D eigenvalue weighted by molar-refractivity contribution is -0.116.